The van der Waals surface area contributed by atoms with E-state index in [4.69, 9.17) is 0 Å². The number of hydrogen-bond acceptors (Lipinski definition) is 0. The van der Waals surface area contributed by atoms with Crippen molar-refractivity contribution in [2.45, 2.75) is 71.6 Å². The third-order valence-electron chi connectivity index (χ3n) is 4.41. The second kappa shape index (κ2) is 5.71. The molecule has 1 aromatic rings. The molecule has 0 N–H and O–H groups in total. The molecular formula is C17H26. The van der Waals surface area contributed by atoms with Crippen LogP contribution in [0.3, 0.4) is 0 Å². The average molecular weight is 230 g/mol. The number of rotatable bonds is 1. The molecule has 0 atom stereocenters. The molecule has 0 spiro atoms. The summed E-state index contributed by atoms with van der Waals surface area (Å²) in [7, 11) is 0. The SMILES string of the molecule is CC.Cc1c(C2CCCC2)ccc2c1CCC2. The lowest BCUT2D eigenvalue weighted by atomic mass is 9.89. The van der Waals surface area contributed by atoms with Crippen LogP contribution in [0.15, 0.2) is 12.1 Å². The van der Waals surface area contributed by atoms with E-state index in [0.717, 1.165) is 5.92 Å². The molecule has 94 valence electrons. The topological polar surface area (TPSA) is 0 Å². The zero-order chi connectivity index (χ0) is 12.3. The van der Waals surface area contributed by atoms with Gasteiger partial charge in [-0.05, 0) is 67.2 Å². The highest BCUT2D eigenvalue weighted by atomic mass is 14.3. The van der Waals surface area contributed by atoms with Gasteiger partial charge in [0.25, 0.3) is 0 Å². The largest absolute Gasteiger partial charge is 0.0683 e. The van der Waals surface area contributed by atoms with Gasteiger partial charge in [-0.15, -0.1) is 0 Å². The van der Waals surface area contributed by atoms with Gasteiger partial charge in [0.2, 0.25) is 0 Å². The summed E-state index contributed by atoms with van der Waals surface area (Å²) in [6.45, 7) is 6.36. The van der Waals surface area contributed by atoms with E-state index in [1.54, 1.807) is 22.3 Å². The molecule has 3 rings (SSSR count). The van der Waals surface area contributed by atoms with Crippen molar-refractivity contribution >= 4 is 0 Å². The van der Waals surface area contributed by atoms with Crippen LogP contribution in [0.25, 0.3) is 0 Å². The fourth-order valence-corrected chi connectivity index (χ4v) is 3.55. The van der Waals surface area contributed by atoms with E-state index in [-0.39, 0.29) is 0 Å². The Morgan fingerprint density at radius 1 is 0.941 bits per heavy atom. The summed E-state index contributed by atoms with van der Waals surface area (Å²) in [5.41, 5.74) is 6.64. The predicted octanol–water partition coefficient (Wildman–Crippen LogP) is 5.17. The molecule has 0 heterocycles. The van der Waals surface area contributed by atoms with Crippen LogP contribution in [0.2, 0.25) is 0 Å². The number of benzene rings is 1. The number of hydrogen-bond donors (Lipinski definition) is 0. The quantitative estimate of drug-likeness (QED) is 0.624. The van der Waals surface area contributed by atoms with Gasteiger partial charge >= 0.3 is 0 Å². The molecule has 0 heteroatoms. The first-order valence-electron chi connectivity index (χ1n) is 7.47. The van der Waals surface area contributed by atoms with E-state index < -0.39 is 0 Å². The first-order valence-corrected chi connectivity index (χ1v) is 7.47. The summed E-state index contributed by atoms with van der Waals surface area (Å²) in [4.78, 5) is 0. The predicted molar refractivity (Wildman–Crippen MR) is 75.8 cm³/mol. The van der Waals surface area contributed by atoms with Crippen LogP contribution in [-0.4, -0.2) is 0 Å². The highest BCUT2D eigenvalue weighted by molar-refractivity contribution is 5.44. The number of fused-ring (bicyclic) bond motifs is 1. The Bertz CT molecular complexity index is 370. The van der Waals surface area contributed by atoms with Crippen LogP contribution in [-0.2, 0) is 12.8 Å². The maximum Gasteiger partial charge on any atom is -0.0159 e. The monoisotopic (exact) mass is 230 g/mol. The fraction of sp³-hybridized carbons (Fsp3) is 0.647. The highest BCUT2D eigenvalue weighted by Gasteiger charge is 2.22. The van der Waals surface area contributed by atoms with Crippen molar-refractivity contribution in [1.82, 2.24) is 0 Å². The van der Waals surface area contributed by atoms with E-state index >= 15 is 0 Å². The maximum atomic E-state index is 2.43. The number of aryl methyl sites for hydroxylation is 1. The molecule has 2 aliphatic rings. The minimum atomic E-state index is 0.885. The van der Waals surface area contributed by atoms with Gasteiger partial charge in [0.1, 0.15) is 0 Å². The lowest BCUT2D eigenvalue weighted by Crippen LogP contribution is -1.99. The minimum absolute atomic E-state index is 0.885. The lowest BCUT2D eigenvalue weighted by Gasteiger charge is -2.16. The molecule has 0 aromatic heterocycles. The summed E-state index contributed by atoms with van der Waals surface area (Å²) < 4.78 is 0. The van der Waals surface area contributed by atoms with E-state index in [9.17, 15) is 0 Å². The minimum Gasteiger partial charge on any atom is -0.0683 e. The van der Waals surface area contributed by atoms with Gasteiger partial charge in [0.15, 0.2) is 0 Å². The normalized spacial score (nSPS) is 18.8. The second-order valence-corrected chi connectivity index (χ2v) is 5.25. The van der Waals surface area contributed by atoms with E-state index in [1.165, 1.54) is 44.9 Å². The Kier molecular flexibility index (Phi) is 4.25. The smallest absolute Gasteiger partial charge is 0.0159 e. The molecule has 17 heavy (non-hydrogen) atoms. The molecule has 0 unspecified atom stereocenters. The molecular weight excluding hydrogens is 204 g/mol. The summed E-state index contributed by atoms with van der Waals surface area (Å²) in [5.74, 6) is 0.885. The van der Waals surface area contributed by atoms with Gasteiger partial charge < -0.3 is 0 Å². The summed E-state index contributed by atoms with van der Waals surface area (Å²) in [5, 5.41) is 0. The van der Waals surface area contributed by atoms with Crippen LogP contribution in [0.1, 0.15) is 74.1 Å². The molecule has 0 saturated heterocycles. The molecule has 0 radical (unpaired) electrons. The molecule has 0 nitrogen and oxygen atoms in total. The van der Waals surface area contributed by atoms with Crippen molar-refractivity contribution in [2.75, 3.05) is 0 Å². The molecule has 1 aromatic carbocycles. The van der Waals surface area contributed by atoms with E-state index in [2.05, 4.69) is 19.1 Å². The Morgan fingerprint density at radius 2 is 1.65 bits per heavy atom. The Hall–Kier alpha value is -0.780. The standard InChI is InChI=1S/C15H20.C2H6/c1-11-14-8-4-7-13(14)9-10-15(11)12-5-2-3-6-12;1-2/h9-10,12H,2-8H2,1H3;1-2H3. The van der Waals surface area contributed by atoms with Gasteiger partial charge in [-0.2, -0.15) is 0 Å². The van der Waals surface area contributed by atoms with Crippen molar-refractivity contribution in [3.05, 3.63) is 34.4 Å². The molecule has 0 amide bonds. The van der Waals surface area contributed by atoms with Crippen LogP contribution in [0.5, 0.6) is 0 Å². The fourth-order valence-electron chi connectivity index (χ4n) is 3.55. The molecule has 1 fully saturated rings. The zero-order valence-electron chi connectivity index (χ0n) is 11.7. The van der Waals surface area contributed by atoms with E-state index in [1.807, 2.05) is 13.8 Å². The summed E-state index contributed by atoms with van der Waals surface area (Å²) >= 11 is 0. The third-order valence-corrected chi connectivity index (χ3v) is 4.41. The van der Waals surface area contributed by atoms with Gasteiger partial charge in [-0.3, -0.25) is 0 Å². The van der Waals surface area contributed by atoms with Crippen LogP contribution < -0.4 is 0 Å². The average Bonchev–Trinajstić information content (AvgIpc) is 3.02. The molecule has 2 aliphatic carbocycles. The molecule has 1 saturated carbocycles. The zero-order valence-corrected chi connectivity index (χ0v) is 11.7. The molecule has 0 aliphatic heterocycles. The Balaban J connectivity index is 0.000000514. The van der Waals surface area contributed by atoms with Crippen LogP contribution >= 0.6 is 0 Å². The van der Waals surface area contributed by atoms with Crippen molar-refractivity contribution in [1.29, 1.82) is 0 Å². The van der Waals surface area contributed by atoms with Crippen LogP contribution in [0.4, 0.5) is 0 Å². The first-order chi connectivity index (χ1) is 8.36. The van der Waals surface area contributed by atoms with Gasteiger partial charge in [-0.25, -0.2) is 0 Å². The second-order valence-electron chi connectivity index (χ2n) is 5.25. The van der Waals surface area contributed by atoms with Crippen molar-refractivity contribution < 1.29 is 0 Å². The Morgan fingerprint density at radius 3 is 2.35 bits per heavy atom. The van der Waals surface area contributed by atoms with Crippen molar-refractivity contribution in [3.63, 3.8) is 0 Å². The summed E-state index contributed by atoms with van der Waals surface area (Å²) in [6, 6.07) is 4.83. The van der Waals surface area contributed by atoms with Crippen molar-refractivity contribution in [2.24, 2.45) is 0 Å². The van der Waals surface area contributed by atoms with Gasteiger partial charge in [-0.1, -0.05) is 38.8 Å². The van der Waals surface area contributed by atoms with E-state index in [0.29, 0.717) is 0 Å². The Labute approximate surface area is 106 Å². The van der Waals surface area contributed by atoms with Crippen LogP contribution in [0, 0.1) is 6.92 Å². The highest BCUT2D eigenvalue weighted by Crippen LogP contribution is 2.38. The first kappa shape index (κ1) is 12.7. The van der Waals surface area contributed by atoms with Gasteiger partial charge in [0, 0.05) is 0 Å². The lowest BCUT2D eigenvalue weighted by molar-refractivity contribution is 0.716. The maximum absolute atomic E-state index is 2.43. The summed E-state index contributed by atoms with van der Waals surface area (Å²) in [6.07, 6.45) is 9.79. The van der Waals surface area contributed by atoms with Gasteiger partial charge in [0.05, 0.1) is 0 Å². The third kappa shape index (κ3) is 2.41. The van der Waals surface area contributed by atoms with Crippen molar-refractivity contribution in [3.8, 4) is 0 Å². The molecule has 0 bridgehead atoms.